The minimum atomic E-state index is 0.0104. The van der Waals surface area contributed by atoms with Gasteiger partial charge in [-0.05, 0) is 19.9 Å². The second-order valence-corrected chi connectivity index (χ2v) is 3.97. The smallest absolute Gasteiger partial charge is 0.271 e. The second-order valence-electron chi connectivity index (χ2n) is 3.97. The van der Waals surface area contributed by atoms with Gasteiger partial charge in [0.15, 0.2) is 0 Å². The molecule has 0 bridgehead atoms. The van der Waals surface area contributed by atoms with Gasteiger partial charge in [0.05, 0.1) is 5.69 Å². The van der Waals surface area contributed by atoms with Crippen LogP contribution in [0.4, 0.5) is 0 Å². The van der Waals surface area contributed by atoms with Gasteiger partial charge in [-0.25, -0.2) is 4.68 Å². The zero-order valence-electron chi connectivity index (χ0n) is 9.87. The van der Waals surface area contributed by atoms with Gasteiger partial charge in [0, 0.05) is 24.7 Å². The third-order valence-corrected chi connectivity index (χ3v) is 2.17. The van der Waals surface area contributed by atoms with Crippen molar-refractivity contribution >= 4 is 0 Å². The van der Waals surface area contributed by atoms with Crippen molar-refractivity contribution in [3.05, 3.63) is 27.7 Å². The highest BCUT2D eigenvalue weighted by atomic mass is 16.1. The number of hydrogen-bond donors (Lipinski definition) is 1. The standard InChI is InChI=1S/C11H19N3O/c1-5-14-11(15)10(6-9(4)13-14)7-12-8(2)3/h6,8,12H,5,7H2,1-4H3. The Kier molecular flexibility index (Phi) is 4.03. The largest absolute Gasteiger partial charge is 0.310 e. The van der Waals surface area contributed by atoms with E-state index in [1.54, 1.807) is 0 Å². The van der Waals surface area contributed by atoms with Crippen LogP contribution in [0.25, 0.3) is 0 Å². The van der Waals surface area contributed by atoms with Gasteiger partial charge < -0.3 is 5.32 Å². The van der Waals surface area contributed by atoms with Crippen LogP contribution in [0.15, 0.2) is 10.9 Å². The Morgan fingerprint density at radius 2 is 2.20 bits per heavy atom. The molecule has 0 aliphatic heterocycles. The molecule has 0 saturated carbocycles. The molecule has 1 N–H and O–H groups in total. The molecule has 0 saturated heterocycles. The Labute approximate surface area is 90.3 Å². The van der Waals surface area contributed by atoms with Crippen LogP contribution < -0.4 is 10.9 Å². The lowest BCUT2D eigenvalue weighted by Crippen LogP contribution is -2.31. The van der Waals surface area contributed by atoms with E-state index in [1.165, 1.54) is 4.68 Å². The summed E-state index contributed by atoms with van der Waals surface area (Å²) in [7, 11) is 0. The SMILES string of the molecule is CCn1nc(C)cc(CNC(C)C)c1=O. The molecule has 0 radical (unpaired) electrons. The number of nitrogens with one attached hydrogen (secondary N) is 1. The molecule has 4 heteroatoms. The first kappa shape index (κ1) is 11.9. The van der Waals surface area contributed by atoms with E-state index in [2.05, 4.69) is 24.3 Å². The number of aryl methyl sites for hydroxylation is 2. The highest BCUT2D eigenvalue weighted by molar-refractivity contribution is 5.12. The van der Waals surface area contributed by atoms with Crippen molar-refractivity contribution in [2.45, 2.75) is 46.8 Å². The van der Waals surface area contributed by atoms with Crippen molar-refractivity contribution < 1.29 is 0 Å². The lowest BCUT2D eigenvalue weighted by Gasteiger charge is -2.09. The van der Waals surface area contributed by atoms with E-state index in [1.807, 2.05) is 19.9 Å². The molecular formula is C11H19N3O. The Hall–Kier alpha value is -1.16. The van der Waals surface area contributed by atoms with Crippen molar-refractivity contribution in [3.63, 3.8) is 0 Å². The van der Waals surface area contributed by atoms with Gasteiger partial charge in [-0.1, -0.05) is 13.8 Å². The molecule has 0 atom stereocenters. The summed E-state index contributed by atoms with van der Waals surface area (Å²) in [6, 6.07) is 2.23. The summed E-state index contributed by atoms with van der Waals surface area (Å²) in [4.78, 5) is 11.8. The number of rotatable bonds is 4. The topological polar surface area (TPSA) is 46.9 Å². The average Bonchev–Trinajstić information content (AvgIpc) is 2.18. The fraction of sp³-hybridized carbons (Fsp3) is 0.636. The number of nitrogens with zero attached hydrogens (tertiary/aromatic N) is 2. The molecule has 1 heterocycles. The maximum absolute atomic E-state index is 11.8. The average molecular weight is 209 g/mol. The molecule has 0 spiro atoms. The molecule has 84 valence electrons. The van der Waals surface area contributed by atoms with E-state index in [4.69, 9.17) is 0 Å². The van der Waals surface area contributed by atoms with Crippen LogP contribution in [0.2, 0.25) is 0 Å². The first-order valence-corrected chi connectivity index (χ1v) is 5.35. The van der Waals surface area contributed by atoms with Crippen molar-refractivity contribution in [3.8, 4) is 0 Å². The summed E-state index contributed by atoms with van der Waals surface area (Å²) in [6.45, 7) is 9.19. The van der Waals surface area contributed by atoms with Crippen molar-refractivity contribution in [1.29, 1.82) is 0 Å². The second kappa shape index (κ2) is 5.07. The van der Waals surface area contributed by atoms with Crippen LogP contribution in [0.1, 0.15) is 32.0 Å². The maximum atomic E-state index is 11.8. The molecule has 0 aromatic carbocycles. The summed E-state index contributed by atoms with van der Waals surface area (Å²) in [5.74, 6) is 0. The van der Waals surface area contributed by atoms with E-state index in [0.29, 0.717) is 19.1 Å². The Morgan fingerprint density at radius 1 is 1.53 bits per heavy atom. The highest BCUT2D eigenvalue weighted by Crippen LogP contribution is 1.96. The van der Waals surface area contributed by atoms with E-state index < -0.39 is 0 Å². The van der Waals surface area contributed by atoms with Gasteiger partial charge >= 0.3 is 0 Å². The molecule has 1 aromatic rings. The molecule has 0 aliphatic carbocycles. The third kappa shape index (κ3) is 3.16. The minimum absolute atomic E-state index is 0.0104. The predicted molar refractivity (Wildman–Crippen MR) is 60.9 cm³/mol. The van der Waals surface area contributed by atoms with Crippen molar-refractivity contribution in [1.82, 2.24) is 15.1 Å². The quantitative estimate of drug-likeness (QED) is 0.807. The molecule has 1 rings (SSSR count). The zero-order chi connectivity index (χ0) is 11.4. The summed E-state index contributed by atoms with van der Waals surface area (Å²) < 4.78 is 1.51. The van der Waals surface area contributed by atoms with E-state index in [0.717, 1.165) is 11.3 Å². The monoisotopic (exact) mass is 209 g/mol. The van der Waals surface area contributed by atoms with Crippen molar-refractivity contribution in [2.75, 3.05) is 0 Å². The van der Waals surface area contributed by atoms with Crippen LogP contribution in [0, 0.1) is 6.92 Å². The summed E-state index contributed by atoms with van der Waals surface area (Å²) >= 11 is 0. The van der Waals surface area contributed by atoms with Crippen LogP contribution in [0.5, 0.6) is 0 Å². The lowest BCUT2D eigenvalue weighted by atomic mass is 10.2. The van der Waals surface area contributed by atoms with Gasteiger partial charge in [0.2, 0.25) is 0 Å². The third-order valence-electron chi connectivity index (χ3n) is 2.17. The molecule has 0 unspecified atom stereocenters. The van der Waals surface area contributed by atoms with Crippen molar-refractivity contribution in [2.24, 2.45) is 0 Å². The maximum Gasteiger partial charge on any atom is 0.271 e. The fourth-order valence-corrected chi connectivity index (χ4v) is 1.40. The molecule has 4 nitrogen and oxygen atoms in total. The molecule has 15 heavy (non-hydrogen) atoms. The van der Waals surface area contributed by atoms with Crippen LogP contribution in [-0.4, -0.2) is 15.8 Å². The van der Waals surface area contributed by atoms with Gasteiger partial charge in [-0.3, -0.25) is 4.79 Å². The molecule has 1 aromatic heterocycles. The summed E-state index contributed by atoms with van der Waals surface area (Å²) in [5, 5.41) is 7.40. The summed E-state index contributed by atoms with van der Waals surface area (Å²) in [6.07, 6.45) is 0. The highest BCUT2D eigenvalue weighted by Gasteiger charge is 2.05. The van der Waals surface area contributed by atoms with Gasteiger partial charge in [-0.15, -0.1) is 0 Å². The van der Waals surface area contributed by atoms with E-state index >= 15 is 0 Å². The summed E-state index contributed by atoms with van der Waals surface area (Å²) in [5.41, 5.74) is 1.69. The molecule has 0 amide bonds. The lowest BCUT2D eigenvalue weighted by molar-refractivity contribution is 0.558. The van der Waals surface area contributed by atoms with E-state index in [-0.39, 0.29) is 5.56 Å². The van der Waals surface area contributed by atoms with Gasteiger partial charge in [0.25, 0.3) is 5.56 Å². The van der Waals surface area contributed by atoms with Crippen LogP contribution in [0.3, 0.4) is 0 Å². The van der Waals surface area contributed by atoms with E-state index in [9.17, 15) is 4.79 Å². The van der Waals surface area contributed by atoms with Gasteiger partial charge in [0.1, 0.15) is 0 Å². The number of hydrogen-bond acceptors (Lipinski definition) is 3. The first-order chi connectivity index (χ1) is 7.04. The van der Waals surface area contributed by atoms with Gasteiger partial charge in [-0.2, -0.15) is 5.10 Å². The number of aromatic nitrogens is 2. The Morgan fingerprint density at radius 3 is 2.73 bits per heavy atom. The minimum Gasteiger partial charge on any atom is -0.310 e. The molecule has 0 fully saturated rings. The molecule has 0 aliphatic rings. The Balaban J connectivity index is 2.96. The van der Waals surface area contributed by atoms with Crippen LogP contribution >= 0.6 is 0 Å². The molecular weight excluding hydrogens is 190 g/mol. The zero-order valence-corrected chi connectivity index (χ0v) is 9.87. The normalized spacial score (nSPS) is 11.0. The van der Waals surface area contributed by atoms with Crippen LogP contribution in [-0.2, 0) is 13.1 Å². The first-order valence-electron chi connectivity index (χ1n) is 5.35. The Bertz CT molecular complexity index is 382. The predicted octanol–water partition coefficient (Wildman–Crippen LogP) is 1.07. The fourth-order valence-electron chi connectivity index (χ4n) is 1.40.